The number of imide groups is 1. The zero-order chi connectivity index (χ0) is 21.1. The molecule has 1 N–H and O–H groups in total. The number of thioether (sulfide) groups is 1. The van der Waals surface area contributed by atoms with Crippen molar-refractivity contribution in [1.82, 2.24) is 15.1 Å². The van der Waals surface area contributed by atoms with Crippen molar-refractivity contribution in [3.05, 3.63) is 24.3 Å². The maximum atomic E-state index is 13.0. The van der Waals surface area contributed by atoms with Crippen LogP contribution in [0.15, 0.2) is 29.3 Å². The van der Waals surface area contributed by atoms with Gasteiger partial charge in [-0.1, -0.05) is 24.6 Å². The molecule has 1 saturated carbocycles. The van der Waals surface area contributed by atoms with Crippen LogP contribution in [-0.2, 0) is 9.59 Å². The minimum atomic E-state index is -0.798. The summed E-state index contributed by atoms with van der Waals surface area (Å²) in [5.41, 5.74) is -0.0756. The van der Waals surface area contributed by atoms with Gasteiger partial charge in [0.15, 0.2) is 5.17 Å². The Kier molecular flexibility index (Phi) is 5.99. The van der Waals surface area contributed by atoms with E-state index in [0.717, 1.165) is 41.4 Å². The lowest BCUT2D eigenvalue weighted by atomic mass is 9.98. The molecular formula is C21H26N4O4S. The van der Waals surface area contributed by atoms with Crippen LogP contribution in [0.5, 0.6) is 5.75 Å². The van der Waals surface area contributed by atoms with Gasteiger partial charge in [-0.05, 0) is 50.5 Å². The normalized spacial score (nSPS) is 22.1. The Bertz CT molecular complexity index is 864. The van der Waals surface area contributed by atoms with Crippen LogP contribution in [0.25, 0.3) is 0 Å². The van der Waals surface area contributed by atoms with Gasteiger partial charge in [-0.25, -0.2) is 9.79 Å². The number of carbonyl (C=O) groups is 3. The molecule has 0 atom stereocenters. The molecule has 2 aliphatic heterocycles. The molecule has 4 amide bonds. The molecule has 9 heteroatoms. The molecule has 3 fully saturated rings. The minimum Gasteiger partial charge on any atom is -0.494 e. The molecule has 8 nitrogen and oxygen atoms in total. The van der Waals surface area contributed by atoms with Crippen molar-refractivity contribution < 1.29 is 19.1 Å². The number of hydrogen-bond acceptors (Lipinski definition) is 6. The highest BCUT2D eigenvalue weighted by molar-refractivity contribution is 8.13. The zero-order valence-electron chi connectivity index (χ0n) is 17.1. The molecule has 1 spiro atoms. The molecule has 0 unspecified atom stereocenters. The van der Waals surface area contributed by atoms with E-state index in [4.69, 9.17) is 4.74 Å². The summed E-state index contributed by atoms with van der Waals surface area (Å²) in [7, 11) is 0. The number of aliphatic imine (C=N–C) groups is 1. The van der Waals surface area contributed by atoms with Crippen molar-refractivity contribution in [1.29, 1.82) is 0 Å². The second-order valence-electron chi connectivity index (χ2n) is 7.68. The average molecular weight is 431 g/mol. The van der Waals surface area contributed by atoms with E-state index in [2.05, 4.69) is 10.3 Å². The van der Waals surface area contributed by atoms with Gasteiger partial charge in [-0.15, -0.1) is 0 Å². The fraction of sp³-hybridized carbons (Fsp3) is 0.524. The number of benzene rings is 1. The number of ether oxygens (including phenoxy) is 1. The van der Waals surface area contributed by atoms with Crippen molar-refractivity contribution >= 4 is 40.5 Å². The fourth-order valence-electron chi connectivity index (χ4n) is 4.14. The third kappa shape index (κ3) is 4.03. The van der Waals surface area contributed by atoms with Crippen LogP contribution >= 0.6 is 11.8 Å². The molecule has 4 rings (SSSR count). The summed E-state index contributed by atoms with van der Waals surface area (Å²) in [5, 5.41) is 3.42. The molecule has 0 radical (unpaired) electrons. The van der Waals surface area contributed by atoms with E-state index in [-0.39, 0.29) is 18.4 Å². The number of nitrogens with one attached hydrogen (secondary N) is 1. The molecule has 160 valence electrons. The Morgan fingerprint density at radius 2 is 1.93 bits per heavy atom. The summed E-state index contributed by atoms with van der Waals surface area (Å²) >= 11 is 1.51. The summed E-state index contributed by atoms with van der Waals surface area (Å²) in [6.45, 7) is 2.79. The Morgan fingerprint density at radius 3 is 2.63 bits per heavy atom. The Hall–Kier alpha value is -2.55. The number of amides is 4. The van der Waals surface area contributed by atoms with Gasteiger partial charge in [0.2, 0.25) is 5.91 Å². The lowest BCUT2D eigenvalue weighted by molar-refractivity contribution is -0.137. The average Bonchev–Trinajstić information content (AvgIpc) is 3.30. The highest BCUT2D eigenvalue weighted by atomic mass is 32.2. The first-order valence-electron chi connectivity index (χ1n) is 10.4. The predicted octanol–water partition coefficient (Wildman–Crippen LogP) is 2.90. The third-order valence-electron chi connectivity index (χ3n) is 5.66. The van der Waals surface area contributed by atoms with E-state index >= 15 is 0 Å². The van der Waals surface area contributed by atoms with Crippen molar-refractivity contribution in [3.63, 3.8) is 0 Å². The number of rotatable bonds is 5. The van der Waals surface area contributed by atoms with Gasteiger partial charge in [-0.2, -0.15) is 0 Å². The number of hydrogen-bond donors (Lipinski definition) is 1. The van der Waals surface area contributed by atoms with Gasteiger partial charge < -0.3 is 10.1 Å². The first-order valence-corrected chi connectivity index (χ1v) is 11.4. The van der Waals surface area contributed by atoms with Crippen molar-refractivity contribution in [2.24, 2.45) is 4.99 Å². The molecular weight excluding hydrogens is 404 g/mol. The lowest BCUT2D eigenvalue weighted by Crippen LogP contribution is -2.48. The summed E-state index contributed by atoms with van der Waals surface area (Å²) in [6, 6.07) is 6.91. The lowest BCUT2D eigenvalue weighted by Gasteiger charge is -2.29. The second-order valence-corrected chi connectivity index (χ2v) is 8.74. The van der Waals surface area contributed by atoms with Crippen LogP contribution in [0.2, 0.25) is 0 Å². The standard InChI is InChI=1S/C21H26N4O4S/c1-2-29-16-8-6-15(7-9-16)22-20-24(12-5-13-30-20)17(26)14-25-18(27)21(23-19(25)28)10-3-4-11-21/h6-9H,2-5,10-14H2,1H3,(H,23,28). The molecule has 0 aromatic heterocycles. The van der Waals surface area contributed by atoms with Gasteiger partial charge >= 0.3 is 6.03 Å². The van der Waals surface area contributed by atoms with Crippen LogP contribution in [0.4, 0.5) is 10.5 Å². The number of urea groups is 1. The maximum Gasteiger partial charge on any atom is 0.325 e. The van der Waals surface area contributed by atoms with Gasteiger partial charge in [0.1, 0.15) is 17.8 Å². The Morgan fingerprint density at radius 1 is 1.20 bits per heavy atom. The predicted molar refractivity (Wildman–Crippen MR) is 115 cm³/mol. The van der Waals surface area contributed by atoms with Crippen molar-refractivity contribution in [2.45, 2.75) is 44.6 Å². The van der Waals surface area contributed by atoms with E-state index < -0.39 is 11.6 Å². The van der Waals surface area contributed by atoms with Gasteiger partial charge in [0, 0.05) is 12.3 Å². The van der Waals surface area contributed by atoms with Crippen molar-refractivity contribution in [2.75, 3.05) is 25.4 Å². The highest BCUT2D eigenvalue weighted by Gasteiger charge is 2.53. The Balaban J connectivity index is 1.48. The topological polar surface area (TPSA) is 91.3 Å². The summed E-state index contributed by atoms with van der Waals surface area (Å²) in [4.78, 5) is 45.6. The van der Waals surface area contributed by atoms with Crippen LogP contribution in [0, 0.1) is 0 Å². The number of amidine groups is 1. The molecule has 1 aromatic rings. The van der Waals surface area contributed by atoms with E-state index in [0.29, 0.717) is 31.2 Å². The van der Waals surface area contributed by atoms with E-state index in [9.17, 15) is 14.4 Å². The van der Waals surface area contributed by atoms with Crippen LogP contribution in [-0.4, -0.2) is 63.8 Å². The maximum absolute atomic E-state index is 13.0. The Labute approximate surface area is 180 Å². The minimum absolute atomic E-state index is 0.255. The highest BCUT2D eigenvalue weighted by Crippen LogP contribution is 2.35. The second kappa shape index (κ2) is 8.67. The van der Waals surface area contributed by atoms with Gasteiger partial charge in [0.25, 0.3) is 5.91 Å². The smallest absolute Gasteiger partial charge is 0.325 e. The van der Waals surface area contributed by atoms with Crippen LogP contribution in [0.1, 0.15) is 39.0 Å². The van der Waals surface area contributed by atoms with E-state index in [1.807, 2.05) is 31.2 Å². The quantitative estimate of drug-likeness (QED) is 0.726. The molecule has 0 bridgehead atoms. The molecule has 2 heterocycles. The van der Waals surface area contributed by atoms with Gasteiger partial charge in [0.05, 0.1) is 12.3 Å². The van der Waals surface area contributed by atoms with Gasteiger partial charge in [-0.3, -0.25) is 19.4 Å². The molecule has 30 heavy (non-hydrogen) atoms. The molecule has 2 saturated heterocycles. The largest absolute Gasteiger partial charge is 0.494 e. The number of nitrogens with zero attached hydrogens (tertiary/aromatic N) is 3. The first kappa shape index (κ1) is 20.7. The summed E-state index contributed by atoms with van der Waals surface area (Å²) < 4.78 is 5.45. The van der Waals surface area contributed by atoms with Crippen LogP contribution < -0.4 is 10.1 Å². The third-order valence-corrected chi connectivity index (χ3v) is 6.72. The molecule has 1 aromatic carbocycles. The summed E-state index contributed by atoms with van der Waals surface area (Å²) in [5.74, 6) is 1.08. The zero-order valence-corrected chi connectivity index (χ0v) is 17.9. The molecule has 3 aliphatic rings. The SMILES string of the molecule is CCOc1ccc(N=C2SCCCN2C(=O)CN2C(=O)NC3(CCCC3)C2=O)cc1. The summed E-state index contributed by atoms with van der Waals surface area (Å²) in [6.07, 6.45) is 3.95. The number of carbonyl (C=O) groups excluding carboxylic acids is 3. The van der Waals surface area contributed by atoms with E-state index in [1.165, 1.54) is 11.8 Å². The first-order chi connectivity index (χ1) is 14.5. The van der Waals surface area contributed by atoms with Crippen LogP contribution in [0.3, 0.4) is 0 Å². The fourth-order valence-corrected chi connectivity index (χ4v) is 5.11. The van der Waals surface area contributed by atoms with Crippen molar-refractivity contribution in [3.8, 4) is 5.75 Å². The molecule has 1 aliphatic carbocycles. The monoisotopic (exact) mass is 430 g/mol. The van der Waals surface area contributed by atoms with E-state index in [1.54, 1.807) is 4.90 Å².